The molecule has 2 aromatic carbocycles. The molecule has 1 atom stereocenters. The molecule has 9 heteroatoms. The van der Waals surface area contributed by atoms with E-state index in [2.05, 4.69) is 29.1 Å². The molecule has 4 rings (SSSR count). The van der Waals surface area contributed by atoms with E-state index in [1.165, 1.54) is 0 Å². The van der Waals surface area contributed by atoms with Crippen molar-refractivity contribution in [2.24, 2.45) is 0 Å². The first kappa shape index (κ1) is 24.7. The number of aliphatic hydroxyl groups is 1. The number of hydrogen-bond donors (Lipinski definition) is 4. The maximum absolute atomic E-state index is 10.9. The number of β-amino-alcohol motifs (C(OH)–C–C–N with tert-alkyl or cyclic N) is 1. The Kier molecular flexibility index (Phi) is 7.70. The van der Waals surface area contributed by atoms with E-state index in [-0.39, 0.29) is 12.1 Å². The van der Waals surface area contributed by atoms with Gasteiger partial charge in [-0.05, 0) is 44.0 Å². The molecule has 0 aliphatic carbocycles. The molecule has 0 fully saturated rings. The van der Waals surface area contributed by atoms with Gasteiger partial charge >= 0.3 is 5.97 Å². The molecule has 8 nitrogen and oxygen atoms in total. The fourth-order valence-corrected chi connectivity index (χ4v) is 4.56. The Bertz CT molecular complexity index is 1270. The average Bonchev–Trinajstić information content (AvgIpc) is 3.51. The number of rotatable bonds is 12. The van der Waals surface area contributed by atoms with Crippen molar-refractivity contribution >= 4 is 28.2 Å². The van der Waals surface area contributed by atoms with Gasteiger partial charge in [0.15, 0.2) is 6.61 Å². The Morgan fingerprint density at radius 3 is 2.74 bits per heavy atom. The Balaban J connectivity index is 1.34. The molecule has 0 bridgehead atoms. The number of carbonyl (C=O) groups is 1. The van der Waals surface area contributed by atoms with E-state index in [1.807, 2.05) is 48.0 Å². The van der Waals surface area contributed by atoms with Crippen LogP contribution in [0.25, 0.3) is 21.5 Å². The van der Waals surface area contributed by atoms with Crippen LogP contribution in [0.2, 0.25) is 0 Å². The Labute approximate surface area is 207 Å². The summed E-state index contributed by atoms with van der Waals surface area (Å²) in [5, 5.41) is 26.7. The van der Waals surface area contributed by atoms with Gasteiger partial charge in [0, 0.05) is 35.2 Å². The average molecular weight is 496 g/mol. The normalized spacial score (nSPS) is 12.5. The summed E-state index contributed by atoms with van der Waals surface area (Å²) in [4.78, 5) is 18.4. The minimum atomic E-state index is -1.02. The lowest BCUT2D eigenvalue weighted by atomic mass is 9.94. The fourth-order valence-electron chi connectivity index (χ4n) is 3.89. The molecule has 0 saturated carbocycles. The number of carboxylic acids is 1. The highest BCUT2D eigenvalue weighted by Crippen LogP contribution is 2.31. The highest BCUT2D eigenvalue weighted by molar-refractivity contribution is 7.13. The second-order valence-corrected chi connectivity index (χ2v) is 9.81. The van der Waals surface area contributed by atoms with Crippen molar-refractivity contribution in [3.63, 3.8) is 0 Å². The van der Waals surface area contributed by atoms with E-state index in [9.17, 15) is 9.90 Å². The van der Waals surface area contributed by atoms with Crippen LogP contribution in [-0.2, 0) is 11.2 Å². The van der Waals surface area contributed by atoms with Gasteiger partial charge in [0.2, 0.25) is 0 Å². The lowest BCUT2D eigenvalue weighted by Gasteiger charge is -2.28. The van der Waals surface area contributed by atoms with Crippen molar-refractivity contribution < 1.29 is 24.5 Å². The first-order valence-corrected chi connectivity index (χ1v) is 12.2. The van der Waals surface area contributed by atoms with Crippen LogP contribution in [0.15, 0.2) is 60.2 Å². The molecule has 1 unspecified atom stereocenters. The molecule has 0 saturated heterocycles. The maximum atomic E-state index is 10.9. The lowest BCUT2D eigenvalue weighted by Crippen LogP contribution is -2.46. The number of benzene rings is 2. The van der Waals surface area contributed by atoms with Crippen molar-refractivity contribution in [3.8, 4) is 22.1 Å². The van der Waals surface area contributed by atoms with Gasteiger partial charge in [0.05, 0.1) is 11.1 Å². The van der Waals surface area contributed by atoms with Gasteiger partial charge in [-0.1, -0.05) is 24.3 Å². The zero-order chi connectivity index (χ0) is 24.8. The maximum Gasteiger partial charge on any atom is 0.341 e. The number of ether oxygens (including phenoxy) is 2. The summed E-state index contributed by atoms with van der Waals surface area (Å²) in [7, 11) is 0. The molecule has 2 aromatic heterocycles. The van der Waals surface area contributed by atoms with Crippen LogP contribution in [-0.4, -0.2) is 57.6 Å². The quantitative estimate of drug-likeness (QED) is 0.234. The molecule has 0 aliphatic rings. The predicted molar refractivity (Wildman–Crippen MR) is 136 cm³/mol. The number of thiazole rings is 1. The summed E-state index contributed by atoms with van der Waals surface area (Å²) in [5.41, 5.74) is 2.44. The second kappa shape index (κ2) is 10.9. The molecular weight excluding hydrogens is 466 g/mol. The van der Waals surface area contributed by atoms with Crippen molar-refractivity contribution in [2.45, 2.75) is 31.9 Å². The zero-order valence-corrected chi connectivity index (χ0v) is 20.5. The topological polar surface area (TPSA) is 117 Å². The number of aromatic nitrogens is 2. The van der Waals surface area contributed by atoms with Crippen molar-refractivity contribution in [1.82, 2.24) is 15.3 Å². The molecular formula is C26H29N3O5S. The van der Waals surface area contributed by atoms with Crippen LogP contribution in [0, 0.1) is 0 Å². The number of aromatic amines is 1. The summed E-state index contributed by atoms with van der Waals surface area (Å²) in [6.45, 7) is 4.27. The van der Waals surface area contributed by atoms with Crippen LogP contribution in [0.5, 0.6) is 11.5 Å². The molecule has 184 valence electrons. The molecule has 0 spiro atoms. The lowest BCUT2D eigenvalue weighted by molar-refractivity contribution is -0.139. The third-order valence-electron chi connectivity index (χ3n) is 5.54. The van der Waals surface area contributed by atoms with E-state index in [1.54, 1.807) is 23.6 Å². The van der Waals surface area contributed by atoms with Crippen LogP contribution in [0.3, 0.4) is 0 Å². The Morgan fingerprint density at radius 1 is 1.17 bits per heavy atom. The van der Waals surface area contributed by atoms with E-state index in [4.69, 9.17) is 14.6 Å². The van der Waals surface area contributed by atoms with Gasteiger partial charge in [-0.2, -0.15) is 0 Å². The van der Waals surface area contributed by atoms with Crippen LogP contribution >= 0.6 is 11.3 Å². The summed E-state index contributed by atoms with van der Waals surface area (Å²) >= 11 is 1.54. The molecule has 0 radical (unpaired) electrons. The van der Waals surface area contributed by atoms with Crippen molar-refractivity contribution in [1.29, 1.82) is 0 Å². The van der Waals surface area contributed by atoms with Crippen LogP contribution < -0.4 is 14.8 Å². The van der Waals surface area contributed by atoms with Gasteiger partial charge in [-0.25, -0.2) is 9.78 Å². The number of para-hydroxylation sites is 2. The number of carboxylic acid groups (broad SMARTS) is 1. The third-order valence-corrected chi connectivity index (χ3v) is 6.35. The number of aliphatic hydroxyl groups excluding tert-OH is 1. The molecule has 35 heavy (non-hydrogen) atoms. The van der Waals surface area contributed by atoms with Gasteiger partial charge < -0.3 is 30.0 Å². The van der Waals surface area contributed by atoms with E-state index < -0.39 is 18.7 Å². The summed E-state index contributed by atoms with van der Waals surface area (Å²) < 4.78 is 11.3. The number of fused-ring (bicyclic) bond motifs is 1. The minimum Gasteiger partial charge on any atom is -0.490 e. The van der Waals surface area contributed by atoms with Gasteiger partial charge in [-0.15, -0.1) is 11.3 Å². The van der Waals surface area contributed by atoms with Gasteiger partial charge in [0.1, 0.15) is 29.2 Å². The molecule has 0 amide bonds. The monoisotopic (exact) mass is 495 g/mol. The highest BCUT2D eigenvalue weighted by Gasteiger charge is 2.22. The number of H-pyrrole nitrogens is 1. The van der Waals surface area contributed by atoms with Crippen molar-refractivity contribution in [3.05, 3.63) is 65.8 Å². The smallest absolute Gasteiger partial charge is 0.341 e. The summed E-state index contributed by atoms with van der Waals surface area (Å²) in [6, 6.07) is 13.3. The van der Waals surface area contributed by atoms with E-state index in [0.29, 0.717) is 24.5 Å². The van der Waals surface area contributed by atoms with E-state index in [0.717, 1.165) is 27.0 Å². The van der Waals surface area contributed by atoms with Crippen LogP contribution in [0.4, 0.5) is 0 Å². The Hall–Kier alpha value is -3.40. The largest absolute Gasteiger partial charge is 0.490 e. The van der Waals surface area contributed by atoms with Crippen molar-refractivity contribution in [2.75, 3.05) is 19.8 Å². The summed E-state index contributed by atoms with van der Waals surface area (Å²) in [5.74, 6) is 0.182. The standard InChI is InChI=1S/C26H29N3O5S/c1-26(2,12-17-13-28-24-19(17)7-5-9-22(24)34-16-23(31)32)29-14-18(30)15-33-21-8-4-3-6-20(21)25-27-10-11-35-25/h3-11,13,18,28-30H,12,14-16H2,1-2H3,(H,31,32). The number of nitrogens with one attached hydrogen (secondary N) is 2. The second-order valence-electron chi connectivity index (χ2n) is 8.91. The minimum absolute atomic E-state index is 0.156. The first-order valence-electron chi connectivity index (χ1n) is 11.3. The third kappa shape index (κ3) is 6.39. The number of hydrogen-bond acceptors (Lipinski definition) is 7. The fraction of sp³-hybridized carbons (Fsp3) is 0.308. The summed E-state index contributed by atoms with van der Waals surface area (Å²) in [6.07, 6.45) is 3.67. The molecule has 4 aromatic rings. The molecule has 4 N–H and O–H groups in total. The van der Waals surface area contributed by atoms with Gasteiger partial charge in [-0.3, -0.25) is 0 Å². The van der Waals surface area contributed by atoms with Crippen LogP contribution in [0.1, 0.15) is 19.4 Å². The SMILES string of the molecule is CC(C)(Cc1c[nH]c2c(OCC(=O)O)cccc12)NCC(O)COc1ccccc1-c1nccs1. The predicted octanol–water partition coefficient (Wildman–Crippen LogP) is 4.11. The molecule has 0 aliphatic heterocycles. The Morgan fingerprint density at radius 2 is 1.97 bits per heavy atom. The number of nitrogens with zero attached hydrogens (tertiary/aromatic N) is 1. The molecule has 2 heterocycles. The first-order chi connectivity index (χ1) is 16.8. The number of aliphatic carboxylic acids is 1. The zero-order valence-electron chi connectivity index (χ0n) is 19.7. The highest BCUT2D eigenvalue weighted by atomic mass is 32.1. The van der Waals surface area contributed by atoms with E-state index >= 15 is 0 Å². The van der Waals surface area contributed by atoms with Gasteiger partial charge in [0.25, 0.3) is 0 Å².